The molecule has 0 aliphatic rings. The fraction of sp³-hybridized carbons (Fsp3) is 0.364. The van der Waals surface area contributed by atoms with Gasteiger partial charge in [0.15, 0.2) is 0 Å². The van der Waals surface area contributed by atoms with Gasteiger partial charge in [-0.2, -0.15) is 0 Å². The number of hydrogen-bond donors (Lipinski definition) is 2. The van der Waals surface area contributed by atoms with Gasteiger partial charge in [0.1, 0.15) is 0 Å². The van der Waals surface area contributed by atoms with Gasteiger partial charge in [0.25, 0.3) is 5.69 Å². The number of hydrogen-bond acceptors (Lipinski definition) is 5. The molecule has 0 bridgehead atoms. The van der Waals surface area contributed by atoms with Gasteiger partial charge in [-0.1, -0.05) is 6.92 Å². The molecule has 0 saturated carbocycles. The number of carbonyl (C=O) groups excluding carboxylic acids is 1. The van der Waals surface area contributed by atoms with Crippen LogP contribution in [0.5, 0.6) is 0 Å². The first-order valence-electron chi connectivity index (χ1n) is 5.47. The molecule has 1 aromatic carbocycles. The minimum atomic E-state index is -0.479. The number of non-ortho nitro benzene ring substituents is 1. The second-order valence-corrected chi connectivity index (χ2v) is 3.91. The molecule has 1 aromatic rings. The Balaban J connectivity index is 2.90. The Morgan fingerprint density at radius 1 is 1.50 bits per heavy atom. The Bertz CT molecular complexity index is 462. The van der Waals surface area contributed by atoms with Crippen molar-refractivity contribution < 1.29 is 9.72 Å². The van der Waals surface area contributed by atoms with E-state index in [1.54, 1.807) is 4.90 Å². The lowest BCUT2D eigenvalue weighted by Crippen LogP contribution is -2.33. The lowest BCUT2D eigenvalue weighted by Gasteiger charge is -2.19. The molecule has 0 fully saturated rings. The number of nitrogens with zero attached hydrogens (tertiary/aromatic N) is 2. The van der Waals surface area contributed by atoms with E-state index in [4.69, 9.17) is 11.5 Å². The van der Waals surface area contributed by atoms with E-state index < -0.39 is 10.8 Å². The van der Waals surface area contributed by atoms with Gasteiger partial charge in [0.05, 0.1) is 11.5 Å². The highest BCUT2D eigenvalue weighted by Gasteiger charge is 2.13. The smallest absolute Gasteiger partial charge is 0.269 e. The molecule has 0 aromatic heterocycles. The van der Waals surface area contributed by atoms with Gasteiger partial charge in [-0.15, -0.1) is 0 Å². The third kappa shape index (κ3) is 3.70. The summed E-state index contributed by atoms with van der Waals surface area (Å²) in [6.45, 7) is 2.92. The highest BCUT2D eigenvalue weighted by atomic mass is 16.6. The zero-order valence-corrected chi connectivity index (χ0v) is 10.1. The summed E-state index contributed by atoms with van der Waals surface area (Å²) in [5, 5.41) is 10.7. The fourth-order valence-electron chi connectivity index (χ4n) is 1.58. The maximum Gasteiger partial charge on any atom is 0.269 e. The average molecular weight is 252 g/mol. The van der Waals surface area contributed by atoms with Crippen LogP contribution in [0, 0.1) is 10.1 Å². The zero-order chi connectivity index (χ0) is 13.7. The van der Waals surface area contributed by atoms with E-state index in [2.05, 4.69) is 0 Å². The van der Waals surface area contributed by atoms with Crippen LogP contribution in [0.2, 0.25) is 0 Å². The Hall–Kier alpha value is -2.15. The monoisotopic (exact) mass is 252 g/mol. The molecule has 18 heavy (non-hydrogen) atoms. The highest BCUT2D eigenvalue weighted by Crippen LogP contribution is 2.20. The van der Waals surface area contributed by atoms with Crippen LogP contribution in [0.4, 0.5) is 11.4 Å². The van der Waals surface area contributed by atoms with Crippen molar-refractivity contribution in [3.8, 4) is 0 Å². The number of carbonyl (C=O) groups is 1. The maximum absolute atomic E-state index is 10.9. The summed E-state index contributed by atoms with van der Waals surface area (Å²) in [6, 6.07) is 4.26. The van der Waals surface area contributed by atoms with Gasteiger partial charge < -0.3 is 11.5 Å². The number of nitrogen functional groups attached to an aromatic ring is 1. The molecule has 0 spiro atoms. The van der Waals surface area contributed by atoms with Crippen LogP contribution >= 0.6 is 0 Å². The quantitative estimate of drug-likeness (QED) is 0.434. The number of nitrogens with two attached hydrogens (primary N) is 2. The second-order valence-electron chi connectivity index (χ2n) is 3.91. The number of benzene rings is 1. The largest absolute Gasteiger partial charge is 0.398 e. The number of nitro benzene ring substituents is 1. The Morgan fingerprint density at radius 2 is 2.17 bits per heavy atom. The van der Waals surface area contributed by atoms with E-state index in [-0.39, 0.29) is 12.2 Å². The van der Waals surface area contributed by atoms with Crippen molar-refractivity contribution in [1.82, 2.24) is 4.90 Å². The number of anilines is 1. The third-order valence-electron chi connectivity index (χ3n) is 2.56. The molecule has 7 nitrogen and oxygen atoms in total. The predicted molar refractivity (Wildman–Crippen MR) is 67.7 cm³/mol. The maximum atomic E-state index is 10.9. The third-order valence-corrected chi connectivity index (χ3v) is 2.56. The van der Waals surface area contributed by atoms with Gasteiger partial charge in [0.2, 0.25) is 5.91 Å². The molecule has 0 heterocycles. The normalized spacial score (nSPS) is 10.6. The Morgan fingerprint density at radius 3 is 2.67 bits per heavy atom. The minimum Gasteiger partial charge on any atom is -0.398 e. The van der Waals surface area contributed by atoms with Crippen LogP contribution in [-0.2, 0) is 11.3 Å². The molecule has 0 atom stereocenters. The van der Waals surface area contributed by atoms with E-state index in [0.717, 1.165) is 0 Å². The first-order chi connectivity index (χ1) is 8.43. The summed E-state index contributed by atoms with van der Waals surface area (Å²) >= 11 is 0. The fourth-order valence-corrected chi connectivity index (χ4v) is 1.58. The predicted octanol–water partition coefficient (Wildman–Crippen LogP) is 0.484. The number of amides is 1. The average Bonchev–Trinajstić information content (AvgIpc) is 2.29. The van der Waals surface area contributed by atoms with Gasteiger partial charge in [-0.3, -0.25) is 19.8 Å². The summed E-state index contributed by atoms with van der Waals surface area (Å²) in [4.78, 5) is 22.8. The van der Waals surface area contributed by atoms with Gasteiger partial charge in [-0.05, 0) is 18.2 Å². The van der Waals surface area contributed by atoms with Crippen molar-refractivity contribution in [2.24, 2.45) is 5.73 Å². The molecule has 1 amide bonds. The summed E-state index contributed by atoms with van der Waals surface area (Å²) < 4.78 is 0. The summed E-state index contributed by atoms with van der Waals surface area (Å²) in [5.74, 6) is -0.444. The number of likely N-dealkylation sites (N-methyl/N-ethyl adjacent to an activating group) is 1. The standard InChI is InChI=1S/C11H16N4O3/c1-2-14(7-11(13)16)6-8-5-9(15(17)18)3-4-10(8)12/h3-5H,2,6-7,12H2,1H3,(H2,13,16). The van der Waals surface area contributed by atoms with E-state index in [0.29, 0.717) is 24.3 Å². The van der Waals surface area contributed by atoms with Gasteiger partial charge in [-0.25, -0.2) is 0 Å². The van der Waals surface area contributed by atoms with E-state index in [1.807, 2.05) is 6.92 Å². The van der Waals surface area contributed by atoms with Crippen molar-refractivity contribution in [3.63, 3.8) is 0 Å². The van der Waals surface area contributed by atoms with Crippen LogP contribution in [0.25, 0.3) is 0 Å². The van der Waals surface area contributed by atoms with E-state index in [9.17, 15) is 14.9 Å². The van der Waals surface area contributed by atoms with Crippen LogP contribution in [0.15, 0.2) is 18.2 Å². The van der Waals surface area contributed by atoms with Crippen LogP contribution in [0.3, 0.4) is 0 Å². The molecule has 0 unspecified atom stereocenters. The molecule has 1 rings (SSSR count). The summed E-state index contributed by atoms with van der Waals surface area (Å²) in [5.41, 5.74) is 11.9. The number of rotatable bonds is 6. The Kier molecular flexibility index (Phi) is 4.61. The topological polar surface area (TPSA) is 115 Å². The van der Waals surface area contributed by atoms with Crippen LogP contribution < -0.4 is 11.5 Å². The molecule has 0 aliphatic carbocycles. The number of primary amides is 1. The Labute approximate surface area is 105 Å². The molecule has 7 heteroatoms. The highest BCUT2D eigenvalue weighted by molar-refractivity contribution is 5.75. The molecular formula is C11H16N4O3. The van der Waals surface area contributed by atoms with Gasteiger partial charge in [0, 0.05) is 24.4 Å². The minimum absolute atomic E-state index is 0.0191. The van der Waals surface area contributed by atoms with Crippen LogP contribution in [0.1, 0.15) is 12.5 Å². The second kappa shape index (κ2) is 5.97. The van der Waals surface area contributed by atoms with E-state index >= 15 is 0 Å². The summed E-state index contributed by atoms with van der Waals surface area (Å²) in [6.07, 6.45) is 0. The first-order valence-corrected chi connectivity index (χ1v) is 5.47. The molecule has 0 radical (unpaired) electrons. The molecule has 4 N–H and O–H groups in total. The van der Waals surface area contributed by atoms with Crippen molar-refractivity contribution in [1.29, 1.82) is 0 Å². The lowest BCUT2D eigenvalue weighted by molar-refractivity contribution is -0.384. The van der Waals surface area contributed by atoms with Crippen LogP contribution in [-0.4, -0.2) is 28.8 Å². The van der Waals surface area contributed by atoms with Crippen molar-refractivity contribution in [2.45, 2.75) is 13.5 Å². The van der Waals surface area contributed by atoms with E-state index in [1.165, 1.54) is 18.2 Å². The zero-order valence-electron chi connectivity index (χ0n) is 10.1. The van der Waals surface area contributed by atoms with Gasteiger partial charge >= 0.3 is 0 Å². The number of nitro groups is 1. The molecule has 0 saturated heterocycles. The van der Waals surface area contributed by atoms with Crippen molar-refractivity contribution >= 4 is 17.3 Å². The molecule has 98 valence electrons. The SMILES string of the molecule is CCN(CC(N)=O)Cc1cc([N+](=O)[O-])ccc1N. The van der Waals surface area contributed by atoms with Crippen molar-refractivity contribution in [2.75, 3.05) is 18.8 Å². The van der Waals surface area contributed by atoms with Crippen molar-refractivity contribution in [3.05, 3.63) is 33.9 Å². The molecular weight excluding hydrogens is 236 g/mol. The first kappa shape index (κ1) is 13.9. The summed E-state index contributed by atoms with van der Waals surface area (Å²) in [7, 11) is 0. The lowest BCUT2D eigenvalue weighted by atomic mass is 10.1. The molecule has 0 aliphatic heterocycles.